The summed E-state index contributed by atoms with van der Waals surface area (Å²) in [6.45, 7) is 2.93. The molecule has 0 saturated carbocycles. The molecule has 0 heterocycles. The maximum absolute atomic E-state index is 12.3. The number of nitro groups is 1. The van der Waals surface area contributed by atoms with Crippen LogP contribution in [0.4, 0.5) is 5.69 Å². The van der Waals surface area contributed by atoms with Crippen LogP contribution in [0.5, 0.6) is 0 Å². The standard InChI is InChI=1S/C16H18N2O6S2/c1-12-8-15(9-13(2)16(12)25(21,22)11-18(19)20)17-26(23,24)10-14-6-4-3-5-7-14/h3-9,17H,10-11H2,1-2H3. The van der Waals surface area contributed by atoms with Crippen molar-refractivity contribution in [3.05, 3.63) is 69.3 Å². The molecule has 0 aliphatic heterocycles. The summed E-state index contributed by atoms with van der Waals surface area (Å²) in [4.78, 5) is 9.51. The Bertz CT molecular complexity index is 1010. The van der Waals surface area contributed by atoms with Gasteiger partial charge in [0.15, 0.2) is 0 Å². The van der Waals surface area contributed by atoms with Crippen molar-refractivity contribution < 1.29 is 21.8 Å². The lowest BCUT2D eigenvalue weighted by atomic mass is 10.1. The van der Waals surface area contributed by atoms with Crippen molar-refractivity contribution in [3.63, 3.8) is 0 Å². The number of nitrogens with zero attached hydrogens (tertiary/aromatic N) is 1. The second-order valence-electron chi connectivity index (χ2n) is 5.86. The molecule has 2 aromatic rings. The number of sulfonamides is 1. The van der Waals surface area contributed by atoms with Gasteiger partial charge in [0, 0.05) is 10.6 Å². The zero-order valence-electron chi connectivity index (χ0n) is 14.2. The average molecular weight is 398 g/mol. The highest BCUT2D eigenvalue weighted by atomic mass is 32.2. The fourth-order valence-electron chi connectivity index (χ4n) is 2.71. The maximum atomic E-state index is 12.3. The molecule has 0 fully saturated rings. The third-order valence-electron chi connectivity index (χ3n) is 3.52. The fourth-order valence-corrected chi connectivity index (χ4v) is 5.40. The quantitative estimate of drug-likeness (QED) is 0.563. The molecule has 0 amide bonds. The molecule has 1 N–H and O–H groups in total. The Hall–Kier alpha value is -2.46. The summed E-state index contributed by atoms with van der Waals surface area (Å²) in [5.41, 5.74) is 1.29. The predicted molar refractivity (Wildman–Crippen MR) is 97.7 cm³/mol. The van der Waals surface area contributed by atoms with E-state index < -0.39 is 30.7 Å². The summed E-state index contributed by atoms with van der Waals surface area (Å²) in [6, 6.07) is 11.3. The van der Waals surface area contributed by atoms with E-state index in [2.05, 4.69) is 4.72 Å². The lowest BCUT2D eigenvalue weighted by Gasteiger charge is -2.13. The summed E-state index contributed by atoms with van der Waals surface area (Å²) < 4.78 is 51.3. The minimum Gasteiger partial charge on any atom is -0.283 e. The first-order valence-corrected chi connectivity index (χ1v) is 10.8. The number of anilines is 1. The van der Waals surface area contributed by atoms with Gasteiger partial charge >= 0.3 is 5.88 Å². The molecule has 26 heavy (non-hydrogen) atoms. The van der Waals surface area contributed by atoms with Crippen molar-refractivity contribution in [2.24, 2.45) is 0 Å². The molecule has 140 valence electrons. The zero-order valence-corrected chi connectivity index (χ0v) is 15.8. The SMILES string of the molecule is Cc1cc(NS(=O)(=O)Cc2ccccc2)cc(C)c1S(=O)(=O)C[N+](=O)[O-]. The fraction of sp³-hybridized carbons (Fsp3) is 0.250. The van der Waals surface area contributed by atoms with Gasteiger partial charge in [0.2, 0.25) is 19.9 Å². The Kier molecular flexibility index (Phi) is 5.67. The molecular weight excluding hydrogens is 380 g/mol. The number of hydrogen-bond donors (Lipinski definition) is 1. The van der Waals surface area contributed by atoms with Crippen molar-refractivity contribution in [2.75, 3.05) is 10.6 Å². The zero-order chi connectivity index (χ0) is 19.5. The van der Waals surface area contributed by atoms with E-state index in [1.807, 2.05) is 0 Å². The Morgan fingerprint density at radius 3 is 2.04 bits per heavy atom. The van der Waals surface area contributed by atoms with Gasteiger partial charge in [-0.25, -0.2) is 16.8 Å². The van der Waals surface area contributed by atoms with Crippen LogP contribution in [-0.4, -0.2) is 27.6 Å². The topological polar surface area (TPSA) is 123 Å². The van der Waals surface area contributed by atoms with Crippen LogP contribution in [0.2, 0.25) is 0 Å². The summed E-state index contributed by atoms with van der Waals surface area (Å²) in [6.07, 6.45) is 0. The minimum absolute atomic E-state index is 0.153. The van der Waals surface area contributed by atoms with Gasteiger partial charge in [0.1, 0.15) is 0 Å². The maximum Gasteiger partial charge on any atom is 0.305 e. The van der Waals surface area contributed by atoms with E-state index in [1.165, 1.54) is 26.0 Å². The normalized spacial score (nSPS) is 11.9. The number of rotatable bonds is 7. The smallest absolute Gasteiger partial charge is 0.283 e. The van der Waals surface area contributed by atoms with Crippen LogP contribution in [0, 0.1) is 24.0 Å². The summed E-state index contributed by atoms with van der Waals surface area (Å²) in [7, 11) is -7.80. The van der Waals surface area contributed by atoms with E-state index in [0.717, 1.165) is 0 Å². The van der Waals surface area contributed by atoms with Crippen LogP contribution in [0.1, 0.15) is 16.7 Å². The summed E-state index contributed by atoms with van der Waals surface area (Å²) in [5.74, 6) is -1.44. The first-order valence-electron chi connectivity index (χ1n) is 7.50. The molecular formula is C16H18N2O6S2. The van der Waals surface area contributed by atoms with E-state index in [1.54, 1.807) is 30.3 Å². The molecule has 0 spiro atoms. The van der Waals surface area contributed by atoms with Gasteiger partial charge in [-0.2, -0.15) is 0 Å². The van der Waals surface area contributed by atoms with Crippen molar-refractivity contribution in [2.45, 2.75) is 24.5 Å². The van der Waals surface area contributed by atoms with E-state index in [0.29, 0.717) is 5.56 Å². The van der Waals surface area contributed by atoms with Crippen LogP contribution >= 0.6 is 0 Å². The molecule has 0 aliphatic carbocycles. The predicted octanol–water partition coefficient (Wildman–Crippen LogP) is 2.25. The van der Waals surface area contributed by atoms with E-state index >= 15 is 0 Å². The molecule has 2 aromatic carbocycles. The van der Waals surface area contributed by atoms with Gasteiger partial charge in [-0.05, 0) is 42.7 Å². The summed E-state index contributed by atoms with van der Waals surface area (Å²) in [5, 5.41) is 10.6. The number of nitrogens with one attached hydrogen (secondary N) is 1. The van der Waals surface area contributed by atoms with Gasteiger partial charge in [-0.1, -0.05) is 30.3 Å². The lowest BCUT2D eigenvalue weighted by Crippen LogP contribution is -2.18. The molecule has 2 rings (SSSR count). The third-order valence-corrected chi connectivity index (χ3v) is 6.60. The van der Waals surface area contributed by atoms with Crippen molar-refractivity contribution >= 4 is 25.5 Å². The van der Waals surface area contributed by atoms with Crippen LogP contribution in [0.3, 0.4) is 0 Å². The van der Waals surface area contributed by atoms with Crippen molar-refractivity contribution in [1.29, 1.82) is 0 Å². The van der Waals surface area contributed by atoms with Gasteiger partial charge in [-0.3, -0.25) is 14.8 Å². The molecule has 0 atom stereocenters. The Morgan fingerprint density at radius 2 is 1.54 bits per heavy atom. The van der Waals surface area contributed by atoms with Crippen LogP contribution < -0.4 is 4.72 Å². The Labute approximate surface area is 152 Å². The number of hydrogen-bond acceptors (Lipinski definition) is 6. The Morgan fingerprint density at radius 1 is 1.00 bits per heavy atom. The largest absolute Gasteiger partial charge is 0.305 e. The van der Waals surface area contributed by atoms with Crippen LogP contribution in [0.25, 0.3) is 0 Å². The highest BCUT2D eigenvalue weighted by molar-refractivity contribution is 7.92. The molecule has 0 aliphatic rings. The van der Waals surface area contributed by atoms with Crippen LogP contribution in [0.15, 0.2) is 47.4 Å². The van der Waals surface area contributed by atoms with E-state index in [4.69, 9.17) is 0 Å². The molecule has 10 heteroatoms. The summed E-state index contributed by atoms with van der Waals surface area (Å²) >= 11 is 0. The monoisotopic (exact) mass is 398 g/mol. The second-order valence-corrected chi connectivity index (χ2v) is 9.48. The highest BCUT2D eigenvalue weighted by Crippen LogP contribution is 2.26. The van der Waals surface area contributed by atoms with Gasteiger partial charge in [0.25, 0.3) is 0 Å². The van der Waals surface area contributed by atoms with E-state index in [-0.39, 0.29) is 27.5 Å². The first kappa shape index (κ1) is 19.9. The minimum atomic E-state index is -4.11. The second kappa shape index (κ2) is 7.42. The molecule has 0 saturated heterocycles. The lowest BCUT2D eigenvalue weighted by molar-refractivity contribution is -0.458. The third kappa shape index (κ3) is 5.02. The molecule has 0 radical (unpaired) electrons. The number of sulfone groups is 1. The van der Waals surface area contributed by atoms with Crippen molar-refractivity contribution in [1.82, 2.24) is 0 Å². The Balaban J connectivity index is 2.31. The molecule has 0 aromatic heterocycles. The van der Waals surface area contributed by atoms with Gasteiger partial charge < -0.3 is 0 Å². The average Bonchev–Trinajstić information content (AvgIpc) is 2.44. The number of benzene rings is 2. The highest BCUT2D eigenvalue weighted by Gasteiger charge is 2.26. The van der Waals surface area contributed by atoms with Gasteiger partial charge in [0.05, 0.1) is 10.6 Å². The first-order chi connectivity index (χ1) is 12.0. The van der Waals surface area contributed by atoms with Gasteiger partial charge in [-0.15, -0.1) is 0 Å². The number of aryl methyl sites for hydroxylation is 2. The van der Waals surface area contributed by atoms with Crippen molar-refractivity contribution in [3.8, 4) is 0 Å². The molecule has 0 bridgehead atoms. The van der Waals surface area contributed by atoms with Crippen LogP contribution in [-0.2, 0) is 25.6 Å². The van der Waals surface area contributed by atoms with E-state index in [9.17, 15) is 26.9 Å². The molecule has 8 nitrogen and oxygen atoms in total. The molecule has 0 unspecified atom stereocenters.